The average Bonchev–Trinajstić information content (AvgIpc) is 2.91. The van der Waals surface area contributed by atoms with Crippen molar-refractivity contribution in [2.24, 2.45) is 0 Å². The molecule has 0 aromatic heterocycles. The maximum Gasteiger partial charge on any atom is 0.460 e. The van der Waals surface area contributed by atoms with Crippen molar-refractivity contribution in [1.82, 2.24) is 0 Å². The largest absolute Gasteiger partial charge is 0.460 e. The van der Waals surface area contributed by atoms with Crippen LogP contribution >= 0.6 is 0 Å². The van der Waals surface area contributed by atoms with Gasteiger partial charge in [-0.3, -0.25) is 0 Å². The van der Waals surface area contributed by atoms with Crippen LogP contribution < -0.4 is 0 Å². The summed E-state index contributed by atoms with van der Waals surface area (Å²) in [6, 6.07) is 0. The fraction of sp³-hybridized carbons (Fsp3) is 1.00. The van der Waals surface area contributed by atoms with Gasteiger partial charge in [-0.05, 0) is 6.42 Å². The van der Waals surface area contributed by atoms with Crippen LogP contribution in [0.3, 0.4) is 0 Å². The summed E-state index contributed by atoms with van der Waals surface area (Å²) in [7, 11) is 0. The van der Waals surface area contributed by atoms with E-state index in [4.69, 9.17) is 10.2 Å². The van der Waals surface area contributed by atoms with Gasteiger partial charge in [0.25, 0.3) is 0 Å². The van der Waals surface area contributed by atoms with Gasteiger partial charge in [0, 0.05) is 6.42 Å². The van der Waals surface area contributed by atoms with Gasteiger partial charge in [-0.15, -0.1) is 0 Å². The van der Waals surface area contributed by atoms with E-state index in [1.54, 1.807) is 0 Å². The second-order valence-corrected chi connectivity index (χ2v) is 7.23. The molecule has 1 saturated heterocycles. The molecule has 0 aromatic carbocycles. The Bertz CT molecular complexity index is 764. The van der Waals surface area contributed by atoms with E-state index in [1.165, 1.54) is 0 Å². The van der Waals surface area contributed by atoms with Crippen molar-refractivity contribution in [3.05, 3.63) is 0 Å². The minimum atomic E-state index is -8.71. The first-order chi connectivity index (χ1) is 15.1. The first-order valence-corrected chi connectivity index (χ1v) is 8.47. The standard InChI is InChI=1S/C14H11F17O4/c15-7(16,2-1-3-4(32)5(33)6(34)35-3)8(17,18)9(19,20)10(21,22)11(23,24)12(25,26)13(27,28)14(29,30)31/h3-6,32-34H,1-2H2/t3-,4+,5-,6?/m1/s1. The van der Waals surface area contributed by atoms with Crippen LogP contribution in [0, 0.1) is 0 Å². The van der Waals surface area contributed by atoms with Gasteiger partial charge in [0.15, 0.2) is 6.29 Å². The Morgan fingerprint density at radius 2 is 0.829 bits per heavy atom. The highest BCUT2D eigenvalue weighted by Gasteiger charge is 2.95. The maximum atomic E-state index is 13.7. The molecule has 3 N–H and O–H groups in total. The lowest BCUT2D eigenvalue weighted by atomic mass is 9.87. The first-order valence-electron chi connectivity index (χ1n) is 8.47. The summed E-state index contributed by atoms with van der Waals surface area (Å²) in [5.41, 5.74) is 0. The first kappa shape index (κ1) is 31.7. The van der Waals surface area contributed by atoms with Crippen molar-refractivity contribution >= 4 is 0 Å². The zero-order valence-corrected chi connectivity index (χ0v) is 15.9. The Morgan fingerprint density at radius 3 is 1.14 bits per heavy atom. The molecule has 0 amide bonds. The molecular weight excluding hydrogens is 555 g/mol. The van der Waals surface area contributed by atoms with Crippen molar-refractivity contribution in [1.29, 1.82) is 0 Å². The van der Waals surface area contributed by atoms with Crippen molar-refractivity contribution in [3.8, 4) is 0 Å². The SMILES string of the molecule is OC1O[C@H](CCC(F)(F)C(F)(F)C(F)(F)C(F)(F)C(F)(F)C(F)(F)C(F)(F)C(F)(F)F)[C@H](O)[C@H]1O. The normalized spacial score (nSPS) is 26.4. The number of ether oxygens (including phenoxy) is 1. The Morgan fingerprint density at radius 1 is 0.486 bits per heavy atom. The summed E-state index contributed by atoms with van der Waals surface area (Å²) < 4.78 is 227. The molecule has 4 nitrogen and oxygen atoms in total. The molecule has 0 aromatic rings. The van der Waals surface area contributed by atoms with Gasteiger partial charge < -0.3 is 20.1 Å². The van der Waals surface area contributed by atoms with Gasteiger partial charge in [-0.2, -0.15) is 74.6 Å². The second-order valence-electron chi connectivity index (χ2n) is 7.23. The summed E-state index contributed by atoms with van der Waals surface area (Å²) in [5.74, 6) is -57.1. The average molecular weight is 566 g/mol. The van der Waals surface area contributed by atoms with Gasteiger partial charge in [-0.1, -0.05) is 0 Å². The Labute approximate surface area is 181 Å². The Hall–Kier alpha value is -1.35. The number of rotatable bonds is 9. The van der Waals surface area contributed by atoms with E-state index in [1.807, 2.05) is 0 Å². The van der Waals surface area contributed by atoms with Crippen LogP contribution in [0.25, 0.3) is 0 Å². The van der Waals surface area contributed by atoms with Gasteiger partial charge in [-0.25, -0.2) is 0 Å². The van der Waals surface area contributed by atoms with Gasteiger partial charge in [0.1, 0.15) is 12.2 Å². The molecule has 35 heavy (non-hydrogen) atoms. The van der Waals surface area contributed by atoms with Crippen molar-refractivity contribution in [2.45, 2.75) is 85.1 Å². The van der Waals surface area contributed by atoms with Gasteiger partial charge >= 0.3 is 47.6 Å². The van der Waals surface area contributed by atoms with E-state index < -0.39 is 85.1 Å². The number of aliphatic hydroxyl groups excluding tert-OH is 3. The quantitative estimate of drug-likeness (QED) is 0.366. The lowest BCUT2D eigenvalue weighted by Crippen LogP contribution is -2.74. The van der Waals surface area contributed by atoms with Crippen molar-refractivity contribution < 1.29 is 94.7 Å². The van der Waals surface area contributed by atoms with Gasteiger partial charge in [0.2, 0.25) is 0 Å². The van der Waals surface area contributed by atoms with E-state index in [0.717, 1.165) is 0 Å². The Kier molecular flexibility index (Phi) is 7.79. The summed E-state index contributed by atoms with van der Waals surface area (Å²) >= 11 is 0. The second kappa shape index (κ2) is 8.61. The van der Waals surface area contributed by atoms with Crippen molar-refractivity contribution in [3.63, 3.8) is 0 Å². The summed E-state index contributed by atoms with van der Waals surface area (Å²) in [6.07, 6.45) is -21.8. The molecule has 4 atom stereocenters. The van der Waals surface area contributed by atoms with Crippen LogP contribution in [-0.4, -0.2) is 87.6 Å². The minimum Gasteiger partial charge on any atom is -0.387 e. The smallest absolute Gasteiger partial charge is 0.387 e. The molecule has 1 aliphatic heterocycles. The molecule has 1 aliphatic rings. The van der Waals surface area contributed by atoms with E-state index in [-0.39, 0.29) is 0 Å². The third-order valence-corrected chi connectivity index (χ3v) is 4.87. The number of hydrogen-bond acceptors (Lipinski definition) is 4. The molecule has 0 aliphatic carbocycles. The molecule has 1 heterocycles. The lowest BCUT2D eigenvalue weighted by Gasteiger charge is -2.43. The predicted octanol–water partition coefficient (Wildman–Crippen LogP) is 4.22. The van der Waals surface area contributed by atoms with Gasteiger partial charge in [0.05, 0.1) is 6.10 Å². The summed E-state index contributed by atoms with van der Waals surface area (Å²) in [4.78, 5) is 0. The molecule has 0 bridgehead atoms. The lowest BCUT2D eigenvalue weighted by molar-refractivity contribution is -0.461. The molecule has 0 spiro atoms. The van der Waals surface area contributed by atoms with E-state index in [0.29, 0.717) is 0 Å². The monoisotopic (exact) mass is 566 g/mol. The van der Waals surface area contributed by atoms with Crippen LogP contribution in [-0.2, 0) is 4.74 Å². The number of hydrogen-bond donors (Lipinski definition) is 3. The molecule has 1 unspecified atom stereocenters. The third-order valence-electron chi connectivity index (χ3n) is 4.87. The molecular formula is C14H11F17O4. The Balaban J connectivity index is 3.39. The van der Waals surface area contributed by atoms with Crippen LogP contribution in [0.15, 0.2) is 0 Å². The van der Waals surface area contributed by atoms with Crippen LogP contribution in [0.4, 0.5) is 74.6 Å². The van der Waals surface area contributed by atoms with E-state index in [9.17, 15) is 79.7 Å². The van der Waals surface area contributed by atoms with E-state index >= 15 is 0 Å². The third kappa shape index (κ3) is 4.38. The highest BCUT2D eigenvalue weighted by atomic mass is 19.4. The maximum absolute atomic E-state index is 13.7. The molecule has 0 saturated carbocycles. The van der Waals surface area contributed by atoms with Crippen LogP contribution in [0.1, 0.15) is 12.8 Å². The predicted molar refractivity (Wildman–Crippen MR) is 72.8 cm³/mol. The van der Waals surface area contributed by atoms with E-state index in [2.05, 4.69) is 4.74 Å². The zero-order chi connectivity index (χ0) is 28.4. The number of aliphatic hydroxyl groups is 3. The van der Waals surface area contributed by atoms with Crippen LogP contribution in [0.5, 0.6) is 0 Å². The molecule has 210 valence electrons. The molecule has 1 fully saturated rings. The zero-order valence-electron chi connectivity index (χ0n) is 15.9. The van der Waals surface area contributed by atoms with Crippen molar-refractivity contribution in [2.75, 3.05) is 0 Å². The minimum absolute atomic E-state index is 1.82. The highest BCUT2D eigenvalue weighted by Crippen LogP contribution is 2.64. The molecule has 21 heteroatoms. The highest BCUT2D eigenvalue weighted by molar-refractivity contribution is 5.15. The number of halogens is 17. The fourth-order valence-corrected chi connectivity index (χ4v) is 2.64. The summed E-state index contributed by atoms with van der Waals surface area (Å²) in [5, 5.41) is 27.3. The molecule has 0 radical (unpaired) electrons. The topological polar surface area (TPSA) is 69.9 Å². The number of alkyl halides is 17. The summed E-state index contributed by atoms with van der Waals surface area (Å²) in [6.45, 7) is 0. The molecule has 1 rings (SSSR count). The van der Waals surface area contributed by atoms with Crippen LogP contribution in [0.2, 0.25) is 0 Å². The fourth-order valence-electron chi connectivity index (χ4n) is 2.64.